The molecule has 0 bridgehead atoms. The smallest absolute Gasteiger partial charge is 0.238 e. The number of nitrogens with zero attached hydrogens (tertiary/aromatic N) is 2. The topological polar surface area (TPSA) is 92.5 Å². The molecule has 1 aliphatic rings. The van der Waals surface area contributed by atoms with Gasteiger partial charge in [0.05, 0.1) is 11.9 Å². The standard InChI is InChI=1S/C14H23N3O4S/c1-10-12(11(2)21-16-10)6-4-8-15-14(18)13-7-5-9-17(13)22(3,19)20/h13H,4-9H2,1-3H3,(H,15,18)/t13-/m0/s1. The minimum absolute atomic E-state index is 0.207. The van der Waals surface area contributed by atoms with Crippen LogP contribution in [0.15, 0.2) is 4.52 Å². The summed E-state index contributed by atoms with van der Waals surface area (Å²) in [6.07, 6.45) is 4.01. The number of hydrogen-bond acceptors (Lipinski definition) is 5. The molecule has 0 saturated carbocycles. The Morgan fingerprint density at radius 1 is 1.45 bits per heavy atom. The number of nitrogens with one attached hydrogen (secondary N) is 1. The Bertz CT molecular complexity index is 619. The van der Waals surface area contributed by atoms with Gasteiger partial charge in [-0.2, -0.15) is 4.31 Å². The lowest BCUT2D eigenvalue weighted by Crippen LogP contribution is -2.45. The molecule has 8 heteroatoms. The Labute approximate surface area is 131 Å². The van der Waals surface area contributed by atoms with Gasteiger partial charge in [0.1, 0.15) is 11.8 Å². The lowest BCUT2D eigenvalue weighted by Gasteiger charge is -2.21. The molecule has 0 aromatic carbocycles. The zero-order valence-corrected chi connectivity index (χ0v) is 14.1. The number of hydrogen-bond donors (Lipinski definition) is 1. The highest BCUT2D eigenvalue weighted by molar-refractivity contribution is 7.88. The van der Waals surface area contributed by atoms with E-state index in [0.717, 1.165) is 42.5 Å². The fraction of sp³-hybridized carbons (Fsp3) is 0.714. The molecule has 0 aliphatic carbocycles. The minimum atomic E-state index is -3.32. The fourth-order valence-corrected chi connectivity index (χ4v) is 3.98. The third kappa shape index (κ3) is 3.86. The molecule has 2 heterocycles. The van der Waals surface area contributed by atoms with Crippen molar-refractivity contribution in [1.29, 1.82) is 0 Å². The maximum Gasteiger partial charge on any atom is 0.238 e. The van der Waals surface area contributed by atoms with Crippen LogP contribution >= 0.6 is 0 Å². The number of aryl methyl sites for hydroxylation is 2. The first kappa shape index (κ1) is 17.0. The maximum atomic E-state index is 12.1. The molecule has 22 heavy (non-hydrogen) atoms. The summed E-state index contributed by atoms with van der Waals surface area (Å²) in [5, 5.41) is 6.73. The number of rotatable bonds is 6. The Hall–Kier alpha value is -1.41. The lowest BCUT2D eigenvalue weighted by atomic mass is 10.1. The van der Waals surface area contributed by atoms with Crippen LogP contribution in [0.25, 0.3) is 0 Å². The van der Waals surface area contributed by atoms with Gasteiger partial charge in [0, 0.05) is 18.7 Å². The predicted molar refractivity (Wildman–Crippen MR) is 81.9 cm³/mol. The second-order valence-electron chi connectivity index (χ2n) is 5.73. The normalized spacial score (nSPS) is 19.5. The summed E-state index contributed by atoms with van der Waals surface area (Å²) in [5.41, 5.74) is 1.95. The molecular formula is C14H23N3O4S. The molecular weight excluding hydrogens is 306 g/mol. The molecule has 1 aromatic heterocycles. The van der Waals surface area contributed by atoms with Crippen molar-refractivity contribution in [2.75, 3.05) is 19.3 Å². The first-order valence-corrected chi connectivity index (χ1v) is 9.32. The van der Waals surface area contributed by atoms with Crippen molar-refractivity contribution in [3.05, 3.63) is 17.0 Å². The van der Waals surface area contributed by atoms with Crippen molar-refractivity contribution in [3.63, 3.8) is 0 Å². The number of sulfonamides is 1. The zero-order chi connectivity index (χ0) is 16.3. The lowest BCUT2D eigenvalue weighted by molar-refractivity contribution is -0.124. The van der Waals surface area contributed by atoms with Crippen LogP contribution in [0.5, 0.6) is 0 Å². The first-order valence-electron chi connectivity index (χ1n) is 7.47. The molecule has 1 N–H and O–H groups in total. The Morgan fingerprint density at radius 2 is 2.18 bits per heavy atom. The summed E-state index contributed by atoms with van der Waals surface area (Å²) < 4.78 is 29.7. The van der Waals surface area contributed by atoms with Crippen LogP contribution in [-0.4, -0.2) is 49.2 Å². The summed E-state index contributed by atoms with van der Waals surface area (Å²) in [6.45, 7) is 4.70. The number of carbonyl (C=O) groups excluding carboxylic acids is 1. The Morgan fingerprint density at radius 3 is 2.77 bits per heavy atom. The summed E-state index contributed by atoms with van der Waals surface area (Å²) >= 11 is 0. The third-order valence-corrected chi connectivity index (χ3v) is 5.31. The highest BCUT2D eigenvalue weighted by Gasteiger charge is 2.36. The molecule has 1 saturated heterocycles. The quantitative estimate of drug-likeness (QED) is 0.778. The SMILES string of the molecule is Cc1noc(C)c1CCCNC(=O)[C@@H]1CCCN1S(C)(=O)=O. The van der Waals surface area contributed by atoms with Crippen molar-refractivity contribution in [2.45, 2.75) is 45.6 Å². The van der Waals surface area contributed by atoms with Gasteiger partial charge in [-0.15, -0.1) is 0 Å². The van der Waals surface area contributed by atoms with Gasteiger partial charge in [-0.3, -0.25) is 4.79 Å². The summed E-state index contributed by atoms with van der Waals surface area (Å²) in [5.74, 6) is 0.601. The van der Waals surface area contributed by atoms with E-state index in [0.29, 0.717) is 19.5 Å². The molecule has 1 aliphatic heterocycles. The predicted octanol–water partition coefficient (Wildman–Crippen LogP) is 0.764. The number of aromatic nitrogens is 1. The highest BCUT2D eigenvalue weighted by Crippen LogP contribution is 2.20. The average Bonchev–Trinajstić information content (AvgIpc) is 3.03. The van der Waals surface area contributed by atoms with Crippen molar-refractivity contribution in [3.8, 4) is 0 Å². The molecule has 1 aromatic rings. The van der Waals surface area contributed by atoms with E-state index in [1.165, 1.54) is 4.31 Å². The third-order valence-electron chi connectivity index (χ3n) is 4.02. The van der Waals surface area contributed by atoms with E-state index in [1.807, 2.05) is 13.8 Å². The van der Waals surface area contributed by atoms with E-state index in [4.69, 9.17) is 4.52 Å². The van der Waals surface area contributed by atoms with E-state index >= 15 is 0 Å². The monoisotopic (exact) mass is 329 g/mol. The van der Waals surface area contributed by atoms with Gasteiger partial charge in [0.15, 0.2) is 0 Å². The van der Waals surface area contributed by atoms with E-state index in [9.17, 15) is 13.2 Å². The van der Waals surface area contributed by atoms with Gasteiger partial charge in [0.2, 0.25) is 15.9 Å². The van der Waals surface area contributed by atoms with E-state index in [1.54, 1.807) is 0 Å². The van der Waals surface area contributed by atoms with E-state index in [-0.39, 0.29) is 5.91 Å². The first-order chi connectivity index (χ1) is 10.3. The molecule has 1 amide bonds. The molecule has 124 valence electrons. The van der Waals surface area contributed by atoms with Gasteiger partial charge in [-0.05, 0) is 39.5 Å². The van der Waals surface area contributed by atoms with Gasteiger partial charge in [-0.25, -0.2) is 8.42 Å². The Kier molecular flexibility index (Phi) is 5.23. The molecule has 0 radical (unpaired) electrons. The van der Waals surface area contributed by atoms with Gasteiger partial charge >= 0.3 is 0 Å². The summed E-state index contributed by atoms with van der Waals surface area (Å²) in [4.78, 5) is 12.1. The van der Waals surface area contributed by atoms with Crippen LogP contribution < -0.4 is 5.32 Å². The maximum absolute atomic E-state index is 12.1. The van der Waals surface area contributed by atoms with Crippen LogP contribution in [0.3, 0.4) is 0 Å². The number of amides is 1. The zero-order valence-electron chi connectivity index (χ0n) is 13.3. The molecule has 0 spiro atoms. The Balaban J connectivity index is 1.81. The van der Waals surface area contributed by atoms with Crippen LogP contribution in [-0.2, 0) is 21.2 Å². The van der Waals surface area contributed by atoms with E-state index < -0.39 is 16.1 Å². The van der Waals surface area contributed by atoms with Gasteiger partial charge < -0.3 is 9.84 Å². The van der Waals surface area contributed by atoms with Crippen molar-refractivity contribution >= 4 is 15.9 Å². The van der Waals surface area contributed by atoms with Crippen LogP contribution in [0.1, 0.15) is 36.3 Å². The molecule has 2 rings (SSSR count). The fourth-order valence-electron chi connectivity index (χ4n) is 2.85. The number of carbonyl (C=O) groups is 1. The van der Waals surface area contributed by atoms with Crippen LogP contribution in [0.4, 0.5) is 0 Å². The average molecular weight is 329 g/mol. The van der Waals surface area contributed by atoms with Gasteiger partial charge in [0.25, 0.3) is 0 Å². The minimum Gasteiger partial charge on any atom is -0.361 e. The molecule has 1 atom stereocenters. The van der Waals surface area contributed by atoms with Crippen LogP contribution in [0, 0.1) is 13.8 Å². The second kappa shape index (κ2) is 6.78. The molecule has 0 unspecified atom stereocenters. The summed E-state index contributed by atoms with van der Waals surface area (Å²) in [6, 6.07) is -0.561. The second-order valence-corrected chi connectivity index (χ2v) is 7.66. The van der Waals surface area contributed by atoms with Crippen molar-refractivity contribution in [2.24, 2.45) is 0 Å². The van der Waals surface area contributed by atoms with Crippen molar-refractivity contribution < 1.29 is 17.7 Å². The molecule has 1 fully saturated rings. The van der Waals surface area contributed by atoms with Crippen LogP contribution in [0.2, 0.25) is 0 Å². The van der Waals surface area contributed by atoms with Crippen molar-refractivity contribution in [1.82, 2.24) is 14.8 Å². The largest absolute Gasteiger partial charge is 0.361 e. The van der Waals surface area contributed by atoms with E-state index in [2.05, 4.69) is 10.5 Å². The molecule has 7 nitrogen and oxygen atoms in total. The summed E-state index contributed by atoms with van der Waals surface area (Å²) in [7, 11) is -3.32. The highest BCUT2D eigenvalue weighted by atomic mass is 32.2. The van der Waals surface area contributed by atoms with Gasteiger partial charge in [-0.1, -0.05) is 5.16 Å².